The summed E-state index contributed by atoms with van der Waals surface area (Å²) in [6, 6.07) is 8.52. The van der Waals surface area contributed by atoms with Gasteiger partial charge in [0.05, 0.1) is 21.7 Å². The summed E-state index contributed by atoms with van der Waals surface area (Å²) in [5.74, 6) is 0.398. The molecule has 1 aromatic heterocycles. The number of benzene rings is 1. The van der Waals surface area contributed by atoms with Gasteiger partial charge in [0.25, 0.3) is 11.6 Å². The summed E-state index contributed by atoms with van der Waals surface area (Å²) in [5.41, 5.74) is 1.22. The van der Waals surface area contributed by atoms with Gasteiger partial charge in [0.1, 0.15) is 5.82 Å². The quantitative estimate of drug-likeness (QED) is 0.653. The molecular formula is C16H16N4O3. The van der Waals surface area contributed by atoms with Crippen LogP contribution in [0.5, 0.6) is 0 Å². The number of nitrogens with one attached hydrogen (secondary N) is 2. The number of hydrogen-bond acceptors (Lipinski definition) is 5. The molecular weight excluding hydrogens is 296 g/mol. The van der Waals surface area contributed by atoms with Crippen molar-refractivity contribution >= 4 is 23.1 Å². The van der Waals surface area contributed by atoms with Gasteiger partial charge in [-0.1, -0.05) is 6.07 Å². The predicted octanol–water partition coefficient (Wildman–Crippen LogP) is 3.12. The van der Waals surface area contributed by atoms with Crippen LogP contribution in [-0.4, -0.2) is 21.9 Å². The molecule has 1 amide bonds. The maximum atomic E-state index is 12.3. The number of aromatic nitrogens is 1. The number of amides is 1. The van der Waals surface area contributed by atoms with Crippen LogP contribution in [0.1, 0.15) is 28.8 Å². The van der Waals surface area contributed by atoms with E-state index in [9.17, 15) is 14.9 Å². The van der Waals surface area contributed by atoms with Gasteiger partial charge in [-0.2, -0.15) is 0 Å². The summed E-state index contributed by atoms with van der Waals surface area (Å²) >= 11 is 0. The summed E-state index contributed by atoms with van der Waals surface area (Å²) in [6.45, 7) is 1.61. The molecule has 0 aliphatic heterocycles. The average molecular weight is 312 g/mol. The summed E-state index contributed by atoms with van der Waals surface area (Å²) in [6.07, 6.45) is 3.79. The molecule has 1 aliphatic rings. The van der Waals surface area contributed by atoms with Crippen molar-refractivity contribution < 1.29 is 9.72 Å². The fourth-order valence-electron chi connectivity index (χ4n) is 2.20. The molecule has 0 bridgehead atoms. The first-order valence-electron chi connectivity index (χ1n) is 7.32. The molecule has 1 heterocycles. The monoisotopic (exact) mass is 312 g/mol. The molecule has 0 unspecified atom stereocenters. The topological polar surface area (TPSA) is 97.2 Å². The van der Waals surface area contributed by atoms with E-state index < -0.39 is 4.92 Å². The molecule has 7 heteroatoms. The minimum absolute atomic E-state index is 0.0232. The van der Waals surface area contributed by atoms with Gasteiger partial charge in [0.15, 0.2) is 0 Å². The van der Waals surface area contributed by atoms with Gasteiger partial charge in [-0.05, 0) is 38.0 Å². The zero-order valence-corrected chi connectivity index (χ0v) is 12.6. The molecule has 0 saturated heterocycles. The first-order valence-corrected chi connectivity index (χ1v) is 7.32. The smallest absolute Gasteiger partial charge is 0.274 e. The Morgan fingerprint density at radius 3 is 2.70 bits per heavy atom. The van der Waals surface area contributed by atoms with Gasteiger partial charge in [0.2, 0.25) is 0 Å². The first kappa shape index (κ1) is 15.0. The fourth-order valence-corrected chi connectivity index (χ4v) is 2.20. The number of nitrogens with zero attached hydrogens (tertiary/aromatic N) is 2. The molecule has 1 saturated carbocycles. The molecule has 1 aliphatic carbocycles. The Bertz CT molecular complexity index is 754. The Balaban J connectivity index is 1.73. The van der Waals surface area contributed by atoms with Gasteiger partial charge in [-0.3, -0.25) is 14.9 Å². The third-order valence-corrected chi connectivity index (χ3v) is 3.71. The van der Waals surface area contributed by atoms with Crippen LogP contribution < -0.4 is 10.6 Å². The minimum atomic E-state index is -0.467. The van der Waals surface area contributed by atoms with Crippen LogP contribution >= 0.6 is 0 Å². The number of anilines is 2. The predicted molar refractivity (Wildman–Crippen MR) is 86.7 cm³/mol. The van der Waals surface area contributed by atoms with E-state index in [2.05, 4.69) is 15.6 Å². The Kier molecular flexibility index (Phi) is 3.92. The summed E-state index contributed by atoms with van der Waals surface area (Å²) in [7, 11) is 0. The highest BCUT2D eigenvalue weighted by atomic mass is 16.6. The molecule has 0 radical (unpaired) electrons. The van der Waals surface area contributed by atoms with Crippen LogP contribution in [0.25, 0.3) is 0 Å². The lowest BCUT2D eigenvalue weighted by Gasteiger charge is -2.09. The third-order valence-electron chi connectivity index (χ3n) is 3.71. The Morgan fingerprint density at radius 1 is 1.30 bits per heavy atom. The lowest BCUT2D eigenvalue weighted by Crippen LogP contribution is -2.14. The fraction of sp³-hybridized carbons (Fsp3) is 0.250. The van der Waals surface area contributed by atoms with Crippen molar-refractivity contribution in [3.63, 3.8) is 0 Å². The molecule has 0 spiro atoms. The van der Waals surface area contributed by atoms with E-state index in [1.165, 1.54) is 12.3 Å². The van der Waals surface area contributed by atoms with Crippen LogP contribution in [0.2, 0.25) is 0 Å². The number of rotatable bonds is 5. The molecule has 23 heavy (non-hydrogen) atoms. The number of nitro benzene ring substituents is 1. The number of pyridine rings is 1. The number of hydrogen-bond donors (Lipinski definition) is 2. The van der Waals surface area contributed by atoms with Crippen LogP contribution in [0.4, 0.5) is 17.2 Å². The zero-order valence-electron chi connectivity index (χ0n) is 12.6. The Hall–Kier alpha value is -2.96. The Morgan fingerprint density at radius 2 is 2.09 bits per heavy atom. The molecule has 118 valence electrons. The highest BCUT2D eigenvalue weighted by Gasteiger charge is 2.21. The van der Waals surface area contributed by atoms with Gasteiger partial charge in [-0.25, -0.2) is 4.98 Å². The van der Waals surface area contributed by atoms with E-state index in [0.29, 0.717) is 22.9 Å². The van der Waals surface area contributed by atoms with Crippen LogP contribution in [0, 0.1) is 17.0 Å². The maximum Gasteiger partial charge on any atom is 0.274 e. The van der Waals surface area contributed by atoms with E-state index in [4.69, 9.17) is 0 Å². The van der Waals surface area contributed by atoms with Crippen molar-refractivity contribution in [2.75, 3.05) is 10.6 Å². The van der Waals surface area contributed by atoms with E-state index in [0.717, 1.165) is 18.7 Å². The van der Waals surface area contributed by atoms with E-state index in [1.54, 1.807) is 31.2 Å². The van der Waals surface area contributed by atoms with Crippen molar-refractivity contribution in [1.82, 2.24) is 4.98 Å². The second kappa shape index (κ2) is 6.04. The van der Waals surface area contributed by atoms with E-state index >= 15 is 0 Å². The second-order valence-corrected chi connectivity index (χ2v) is 5.51. The number of carbonyl (C=O) groups is 1. The second-order valence-electron chi connectivity index (χ2n) is 5.51. The van der Waals surface area contributed by atoms with Gasteiger partial charge < -0.3 is 10.6 Å². The van der Waals surface area contributed by atoms with Gasteiger partial charge in [0, 0.05) is 18.3 Å². The van der Waals surface area contributed by atoms with Gasteiger partial charge >= 0.3 is 0 Å². The largest absolute Gasteiger partial charge is 0.367 e. The number of nitro groups is 1. The maximum absolute atomic E-state index is 12.3. The van der Waals surface area contributed by atoms with Gasteiger partial charge in [-0.15, -0.1) is 0 Å². The Labute approximate surface area is 132 Å². The zero-order chi connectivity index (χ0) is 16.4. The van der Waals surface area contributed by atoms with Crippen molar-refractivity contribution in [1.29, 1.82) is 0 Å². The first-order chi connectivity index (χ1) is 11.0. The normalized spacial score (nSPS) is 13.4. The van der Waals surface area contributed by atoms with Crippen molar-refractivity contribution in [2.45, 2.75) is 25.8 Å². The van der Waals surface area contributed by atoms with Crippen molar-refractivity contribution in [3.05, 3.63) is 57.8 Å². The highest BCUT2D eigenvalue weighted by Crippen LogP contribution is 2.26. The van der Waals surface area contributed by atoms with E-state index in [1.807, 2.05) is 0 Å². The minimum Gasteiger partial charge on any atom is -0.367 e. The SMILES string of the molecule is Cc1c(NC(=O)c2ccc(NC3CC3)nc2)cccc1[N+](=O)[O-]. The highest BCUT2D eigenvalue weighted by molar-refractivity contribution is 6.04. The molecule has 2 N–H and O–H groups in total. The van der Waals surface area contributed by atoms with Crippen LogP contribution in [-0.2, 0) is 0 Å². The molecule has 1 aromatic carbocycles. The number of carbonyl (C=O) groups excluding carboxylic acids is 1. The lowest BCUT2D eigenvalue weighted by molar-refractivity contribution is -0.385. The standard InChI is InChI=1S/C16H16N4O3/c1-10-13(3-2-4-14(10)20(22)23)19-16(21)11-5-8-15(17-9-11)18-12-6-7-12/h2-5,8-9,12H,6-7H2,1H3,(H,17,18)(H,19,21). The summed E-state index contributed by atoms with van der Waals surface area (Å²) in [4.78, 5) is 26.9. The van der Waals surface area contributed by atoms with E-state index in [-0.39, 0.29) is 11.6 Å². The molecule has 2 aromatic rings. The summed E-state index contributed by atoms with van der Waals surface area (Å²) < 4.78 is 0. The molecule has 3 rings (SSSR count). The molecule has 7 nitrogen and oxygen atoms in total. The van der Waals surface area contributed by atoms with Crippen LogP contribution in [0.15, 0.2) is 36.5 Å². The van der Waals surface area contributed by atoms with Crippen molar-refractivity contribution in [2.24, 2.45) is 0 Å². The average Bonchev–Trinajstić information content (AvgIpc) is 3.33. The molecule has 1 fully saturated rings. The summed E-state index contributed by atoms with van der Waals surface area (Å²) in [5, 5.41) is 16.9. The van der Waals surface area contributed by atoms with Crippen LogP contribution in [0.3, 0.4) is 0 Å². The van der Waals surface area contributed by atoms with Crippen molar-refractivity contribution in [3.8, 4) is 0 Å². The lowest BCUT2D eigenvalue weighted by atomic mass is 10.1. The molecule has 0 atom stereocenters. The third kappa shape index (κ3) is 3.45.